The molecule has 7 heteroatoms. The Hall–Kier alpha value is -1.79. The molecule has 0 spiro atoms. The van der Waals surface area contributed by atoms with Crippen molar-refractivity contribution in [2.75, 3.05) is 0 Å². The highest BCUT2D eigenvalue weighted by Gasteiger charge is 2.15. The van der Waals surface area contributed by atoms with Gasteiger partial charge in [0, 0.05) is 12.0 Å². The smallest absolute Gasteiger partial charge is 0.211 e. The quantitative estimate of drug-likeness (QED) is 0.506. The summed E-state index contributed by atoms with van der Waals surface area (Å²) in [6, 6.07) is 10.2. The molecule has 0 amide bonds. The first-order valence-corrected chi connectivity index (χ1v) is 6.82. The number of allylic oxidation sites excluding steroid dienone is 1. The molecule has 1 aliphatic rings. The van der Waals surface area contributed by atoms with Gasteiger partial charge in [0.15, 0.2) is 0 Å². The van der Waals surface area contributed by atoms with Crippen molar-refractivity contribution in [1.29, 1.82) is 0 Å². The second kappa shape index (κ2) is 8.39. The van der Waals surface area contributed by atoms with Crippen LogP contribution in [-0.2, 0) is 5.75 Å². The van der Waals surface area contributed by atoms with E-state index in [1.54, 1.807) is 18.0 Å². The molecule has 0 radical (unpaired) electrons. The third kappa shape index (κ3) is 5.07. The largest absolute Gasteiger partial charge is 0.369 e. The van der Waals surface area contributed by atoms with Crippen molar-refractivity contribution in [3.63, 3.8) is 0 Å². The molecule has 1 atom stereocenters. The summed E-state index contributed by atoms with van der Waals surface area (Å²) in [5, 5.41) is 7.61. The minimum atomic E-state index is -0.0756. The Morgan fingerprint density at radius 2 is 2.00 bits per heavy atom. The zero-order valence-corrected chi connectivity index (χ0v) is 12.3. The fourth-order valence-corrected chi connectivity index (χ4v) is 2.50. The average Bonchev–Trinajstić information content (AvgIpc) is 2.45. The summed E-state index contributed by atoms with van der Waals surface area (Å²) in [5.41, 5.74) is 12.5. The van der Waals surface area contributed by atoms with Crippen LogP contribution in [-0.4, -0.2) is 23.3 Å². The lowest BCUT2D eigenvalue weighted by molar-refractivity contribution is 1.13. The number of aliphatic imine (C=N–C) groups is 1. The van der Waals surface area contributed by atoms with Crippen molar-refractivity contribution in [1.82, 2.24) is 0 Å². The van der Waals surface area contributed by atoms with E-state index in [1.165, 1.54) is 5.56 Å². The topological polar surface area (TPSA) is 89.1 Å². The molecule has 2 rings (SSSR count). The number of nitrogens with two attached hydrogens (primary N) is 2. The Morgan fingerprint density at radius 1 is 1.25 bits per heavy atom. The minimum absolute atomic E-state index is 0. The predicted molar refractivity (Wildman–Crippen MR) is 89.6 cm³/mol. The molecular weight excluding hydrogens is 294 g/mol. The highest BCUT2D eigenvalue weighted by Crippen LogP contribution is 2.22. The normalized spacial score (nSPS) is 18.6. The van der Waals surface area contributed by atoms with E-state index in [2.05, 4.69) is 27.3 Å². The van der Waals surface area contributed by atoms with Crippen molar-refractivity contribution in [3.8, 4) is 0 Å². The third-order valence-corrected chi connectivity index (χ3v) is 3.54. The Morgan fingerprint density at radius 3 is 2.70 bits per heavy atom. The van der Waals surface area contributed by atoms with E-state index in [4.69, 9.17) is 11.5 Å². The average molecular weight is 310 g/mol. The first-order chi connectivity index (χ1) is 9.25. The maximum atomic E-state index is 5.27. The van der Waals surface area contributed by atoms with Crippen LogP contribution in [0.3, 0.4) is 0 Å². The van der Waals surface area contributed by atoms with Gasteiger partial charge in [0.2, 0.25) is 5.96 Å². The van der Waals surface area contributed by atoms with Crippen LogP contribution >= 0.6 is 24.2 Å². The van der Waals surface area contributed by atoms with Crippen LogP contribution in [0.15, 0.2) is 57.7 Å². The van der Waals surface area contributed by atoms with Gasteiger partial charge in [0.05, 0.1) is 5.71 Å². The van der Waals surface area contributed by atoms with E-state index in [9.17, 15) is 0 Å². The maximum Gasteiger partial charge on any atom is 0.211 e. The molecule has 5 nitrogen and oxygen atoms in total. The Bertz CT molecular complexity index is 535. The molecule has 106 valence electrons. The van der Waals surface area contributed by atoms with E-state index in [0.29, 0.717) is 0 Å². The number of dihydropyridines is 1. The Balaban J connectivity index is 0.00000200. The van der Waals surface area contributed by atoms with Gasteiger partial charge in [-0.1, -0.05) is 30.3 Å². The number of benzene rings is 1. The van der Waals surface area contributed by atoms with Crippen LogP contribution in [0.4, 0.5) is 0 Å². The molecule has 1 aliphatic heterocycles. The van der Waals surface area contributed by atoms with Gasteiger partial charge in [0.25, 0.3) is 0 Å². The number of hydrogen-bond acceptors (Lipinski definition) is 4. The predicted octanol–water partition coefficient (Wildman–Crippen LogP) is 1.94. The summed E-state index contributed by atoms with van der Waals surface area (Å²) in [6.45, 7) is 0. The monoisotopic (exact) mass is 309 g/mol. The van der Waals surface area contributed by atoms with Crippen LogP contribution in [0.25, 0.3) is 0 Å². The van der Waals surface area contributed by atoms with Gasteiger partial charge in [0.1, 0.15) is 5.37 Å². The number of hydrogen-bond donors (Lipinski definition) is 2. The van der Waals surface area contributed by atoms with Gasteiger partial charge in [-0.25, -0.2) is 0 Å². The van der Waals surface area contributed by atoms with E-state index in [1.807, 2.05) is 30.4 Å². The first kappa shape index (κ1) is 16.3. The van der Waals surface area contributed by atoms with Crippen molar-refractivity contribution in [2.24, 2.45) is 26.7 Å². The van der Waals surface area contributed by atoms with Crippen LogP contribution in [0.1, 0.15) is 5.56 Å². The molecular formula is C13H16ClN5S. The van der Waals surface area contributed by atoms with Crippen LogP contribution in [0.5, 0.6) is 0 Å². The molecule has 0 bridgehead atoms. The lowest BCUT2D eigenvalue weighted by Crippen LogP contribution is -2.23. The molecule has 1 aromatic rings. The third-order valence-electron chi connectivity index (χ3n) is 2.36. The molecule has 0 aromatic heterocycles. The van der Waals surface area contributed by atoms with Crippen LogP contribution in [0, 0.1) is 0 Å². The van der Waals surface area contributed by atoms with Gasteiger partial charge in [-0.3, -0.25) is 4.99 Å². The van der Waals surface area contributed by atoms with Crippen molar-refractivity contribution >= 4 is 42.1 Å². The van der Waals surface area contributed by atoms with Gasteiger partial charge < -0.3 is 11.5 Å². The summed E-state index contributed by atoms with van der Waals surface area (Å²) in [4.78, 5) is 4.37. The van der Waals surface area contributed by atoms with E-state index >= 15 is 0 Å². The summed E-state index contributed by atoms with van der Waals surface area (Å²) >= 11 is 1.68. The maximum absolute atomic E-state index is 5.27. The fraction of sp³-hybridized carbons (Fsp3) is 0.154. The summed E-state index contributed by atoms with van der Waals surface area (Å²) in [5.74, 6) is 0.805. The van der Waals surface area contributed by atoms with E-state index in [0.717, 1.165) is 11.5 Å². The molecule has 20 heavy (non-hydrogen) atoms. The SMILES string of the molecule is Cl.NC(N)=NN=C1C=CC=NC1SCc1ccccc1. The van der Waals surface area contributed by atoms with Gasteiger partial charge in [-0.05, 0) is 17.7 Å². The molecule has 1 unspecified atom stereocenters. The lowest BCUT2D eigenvalue weighted by atomic mass is 10.2. The first-order valence-electron chi connectivity index (χ1n) is 5.77. The summed E-state index contributed by atoms with van der Waals surface area (Å²) in [7, 11) is 0. The van der Waals surface area contributed by atoms with E-state index < -0.39 is 0 Å². The number of halogens is 1. The molecule has 0 fully saturated rings. The molecule has 1 aromatic carbocycles. The Kier molecular flexibility index (Phi) is 6.83. The Labute approximate surface area is 128 Å². The molecule has 1 heterocycles. The fourth-order valence-electron chi connectivity index (χ4n) is 1.50. The lowest BCUT2D eigenvalue weighted by Gasteiger charge is -2.13. The number of guanidine groups is 1. The zero-order chi connectivity index (χ0) is 13.5. The standard InChI is InChI=1S/C13H15N5S.ClH/c14-13(15)18-17-11-7-4-8-16-12(11)19-9-10-5-2-1-3-6-10;/h1-8,12H,9H2,(H4,14,15,18);1H. The molecule has 0 saturated carbocycles. The highest BCUT2D eigenvalue weighted by atomic mass is 35.5. The molecule has 0 aliphatic carbocycles. The second-order valence-corrected chi connectivity index (χ2v) is 4.92. The molecule has 0 saturated heterocycles. The summed E-state index contributed by atoms with van der Waals surface area (Å²) in [6.07, 6.45) is 5.44. The number of nitrogens with zero attached hydrogens (tertiary/aromatic N) is 3. The second-order valence-electron chi connectivity index (χ2n) is 3.86. The van der Waals surface area contributed by atoms with Gasteiger partial charge in [-0.15, -0.1) is 34.4 Å². The number of rotatable bonds is 4. The van der Waals surface area contributed by atoms with Gasteiger partial charge >= 0.3 is 0 Å². The van der Waals surface area contributed by atoms with E-state index in [-0.39, 0.29) is 23.7 Å². The van der Waals surface area contributed by atoms with Crippen molar-refractivity contribution < 1.29 is 0 Å². The molecule has 4 N–H and O–H groups in total. The minimum Gasteiger partial charge on any atom is -0.369 e. The highest BCUT2D eigenvalue weighted by molar-refractivity contribution is 7.99. The van der Waals surface area contributed by atoms with Crippen LogP contribution < -0.4 is 11.5 Å². The summed E-state index contributed by atoms with van der Waals surface area (Å²) < 4.78 is 0. The zero-order valence-electron chi connectivity index (χ0n) is 10.7. The van der Waals surface area contributed by atoms with Crippen molar-refractivity contribution in [2.45, 2.75) is 11.1 Å². The van der Waals surface area contributed by atoms with Crippen molar-refractivity contribution in [3.05, 3.63) is 48.0 Å². The van der Waals surface area contributed by atoms with Crippen LogP contribution in [0.2, 0.25) is 0 Å². The van der Waals surface area contributed by atoms with Gasteiger partial charge in [-0.2, -0.15) is 0 Å². The number of thioether (sulfide) groups is 1.